The Balaban J connectivity index is 1.78. The molecular formula is C17H17N3O2S2. The summed E-state index contributed by atoms with van der Waals surface area (Å²) in [7, 11) is 3.35. The van der Waals surface area contributed by atoms with E-state index < -0.39 is 0 Å². The second kappa shape index (κ2) is 6.49. The molecule has 0 atom stereocenters. The molecule has 2 heterocycles. The summed E-state index contributed by atoms with van der Waals surface area (Å²) in [5, 5.41) is 0.818. The Kier molecular flexibility index (Phi) is 4.56. The molecule has 24 heavy (non-hydrogen) atoms. The fraction of sp³-hybridized carbons (Fsp3) is 0.294. The molecule has 0 N–H and O–H groups in total. The lowest BCUT2D eigenvalue weighted by Gasteiger charge is -2.07. The molecule has 0 unspecified atom stereocenters. The molecule has 7 heteroatoms. The molecule has 1 aliphatic rings. The summed E-state index contributed by atoms with van der Waals surface area (Å²) in [6, 6.07) is 7.56. The van der Waals surface area contributed by atoms with Crippen molar-refractivity contribution >= 4 is 40.6 Å². The van der Waals surface area contributed by atoms with Gasteiger partial charge in [-0.2, -0.15) is 0 Å². The van der Waals surface area contributed by atoms with Crippen molar-refractivity contribution in [3.05, 3.63) is 56.1 Å². The lowest BCUT2D eigenvalue weighted by molar-refractivity contribution is 0.102. The van der Waals surface area contributed by atoms with Gasteiger partial charge in [0.15, 0.2) is 5.78 Å². The summed E-state index contributed by atoms with van der Waals surface area (Å²) < 4.78 is 3.47. The van der Waals surface area contributed by atoms with Gasteiger partial charge in [0, 0.05) is 31.6 Å². The summed E-state index contributed by atoms with van der Waals surface area (Å²) in [4.78, 5) is 28.9. The zero-order valence-corrected chi connectivity index (χ0v) is 15.3. The van der Waals surface area contributed by atoms with Crippen LogP contribution in [0.25, 0.3) is 0 Å². The van der Waals surface area contributed by atoms with Crippen molar-refractivity contribution < 1.29 is 4.79 Å². The van der Waals surface area contributed by atoms with Gasteiger partial charge in [0.1, 0.15) is 10.5 Å². The Bertz CT molecular complexity index is 986. The number of benzene rings is 1. The number of carbonyl (C=O) groups is 1. The lowest BCUT2D eigenvalue weighted by atomic mass is 10.1. The molecular weight excluding hydrogens is 342 g/mol. The number of aromatic nitrogens is 2. The number of nitrogens with zero attached hydrogens (tertiary/aromatic N) is 3. The van der Waals surface area contributed by atoms with Crippen molar-refractivity contribution in [2.24, 2.45) is 19.1 Å². The van der Waals surface area contributed by atoms with Crippen LogP contribution in [0.4, 0.5) is 5.82 Å². The average molecular weight is 359 g/mol. The van der Waals surface area contributed by atoms with Gasteiger partial charge in [-0.05, 0) is 13.0 Å². The first-order valence-corrected chi connectivity index (χ1v) is 8.87. The fourth-order valence-electron chi connectivity index (χ4n) is 2.64. The molecule has 5 nitrogen and oxygen atoms in total. The second-order valence-corrected chi connectivity index (χ2v) is 7.21. The van der Waals surface area contributed by atoms with Crippen molar-refractivity contribution in [1.82, 2.24) is 9.13 Å². The van der Waals surface area contributed by atoms with Crippen LogP contribution in [0, 0.1) is 11.6 Å². The van der Waals surface area contributed by atoms with Crippen LogP contribution < -0.4 is 5.69 Å². The standard InChI is InChI=1S/C17H17N3O2S2/c1-10-5-4-6-11(7-10)13(21)9-24-14-8-12-15(18-14)19(2)17(22)20(3)16(12)23/h4-7H,8-9H2,1-3H3. The third kappa shape index (κ3) is 3.01. The number of thioether (sulfide) groups is 1. The van der Waals surface area contributed by atoms with Gasteiger partial charge >= 0.3 is 5.69 Å². The maximum Gasteiger partial charge on any atom is 0.330 e. The maximum atomic E-state index is 12.3. The third-order valence-corrected chi connectivity index (χ3v) is 5.49. The molecule has 3 rings (SSSR count). The van der Waals surface area contributed by atoms with E-state index in [2.05, 4.69) is 4.99 Å². The molecule has 1 aromatic carbocycles. The van der Waals surface area contributed by atoms with Gasteiger partial charge in [0.05, 0.1) is 10.8 Å². The third-order valence-electron chi connectivity index (χ3n) is 3.99. The molecule has 0 bridgehead atoms. The van der Waals surface area contributed by atoms with Crippen molar-refractivity contribution in [3.8, 4) is 0 Å². The van der Waals surface area contributed by atoms with E-state index in [9.17, 15) is 9.59 Å². The quantitative estimate of drug-likeness (QED) is 0.624. The molecule has 124 valence electrons. The Hall–Kier alpha value is -1.99. The van der Waals surface area contributed by atoms with E-state index in [1.165, 1.54) is 20.9 Å². The van der Waals surface area contributed by atoms with Crippen LogP contribution in [0.3, 0.4) is 0 Å². The molecule has 0 radical (unpaired) electrons. The highest BCUT2D eigenvalue weighted by molar-refractivity contribution is 8.14. The molecule has 0 saturated carbocycles. The highest BCUT2D eigenvalue weighted by Crippen LogP contribution is 2.29. The molecule has 0 aliphatic carbocycles. The van der Waals surface area contributed by atoms with Gasteiger partial charge in [0.2, 0.25) is 0 Å². The largest absolute Gasteiger partial charge is 0.330 e. The van der Waals surface area contributed by atoms with E-state index in [1.807, 2.05) is 31.2 Å². The first kappa shape index (κ1) is 16.9. The van der Waals surface area contributed by atoms with Gasteiger partial charge in [-0.25, -0.2) is 9.79 Å². The highest BCUT2D eigenvalue weighted by atomic mass is 32.2. The summed E-state index contributed by atoms with van der Waals surface area (Å²) in [6.07, 6.45) is 0.571. The van der Waals surface area contributed by atoms with Gasteiger partial charge in [-0.1, -0.05) is 36.0 Å². The highest BCUT2D eigenvalue weighted by Gasteiger charge is 2.22. The zero-order valence-electron chi connectivity index (χ0n) is 13.7. The van der Waals surface area contributed by atoms with Gasteiger partial charge in [-0.3, -0.25) is 13.9 Å². The topological polar surface area (TPSA) is 56.4 Å². The number of ketones is 1. The van der Waals surface area contributed by atoms with E-state index in [-0.39, 0.29) is 11.5 Å². The summed E-state index contributed by atoms with van der Waals surface area (Å²) >= 11 is 6.75. The lowest BCUT2D eigenvalue weighted by Crippen LogP contribution is -2.28. The first-order valence-electron chi connectivity index (χ1n) is 7.47. The van der Waals surface area contributed by atoms with Gasteiger partial charge in [-0.15, -0.1) is 11.8 Å². The molecule has 0 saturated heterocycles. The number of carbonyl (C=O) groups excluding carboxylic acids is 1. The monoisotopic (exact) mass is 359 g/mol. The molecule has 0 amide bonds. The Morgan fingerprint density at radius 2 is 2.08 bits per heavy atom. The normalized spacial score (nSPS) is 12.9. The zero-order chi connectivity index (χ0) is 17.4. The van der Waals surface area contributed by atoms with E-state index in [1.54, 1.807) is 14.1 Å². The van der Waals surface area contributed by atoms with Crippen LogP contribution in [0.15, 0.2) is 34.1 Å². The number of aryl methyl sites for hydroxylation is 1. The molecule has 1 aliphatic heterocycles. The van der Waals surface area contributed by atoms with Crippen LogP contribution in [-0.4, -0.2) is 25.7 Å². The van der Waals surface area contributed by atoms with Crippen LogP contribution >= 0.6 is 24.0 Å². The number of rotatable bonds is 3. The molecule has 2 aromatic rings. The number of Topliss-reactive ketones (excluding diaryl/α,β-unsaturated/α-hetero) is 1. The van der Waals surface area contributed by atoms with Crippen LogP contribution in [0.5, 0.6) is 0 Å². The van der Waals surface area contributed by atoms with Crippen LogP contribution in [0.1, 0.15) is 21.5 Å². The average Bonchev–Trinajstić information content (AvgIpc) is 3.00. The number of aliphatic imine (C=N–C) groups is 1. The Morgan fingerprint density at radius 1 is 1.33 bits per heavy atom. The predicted octanol–water partition coefficient (Wildman–Crippen LogP) is 2.96. The maximum absolute atomic E-state index is 12.3. The van der Waals surface area contributed by atoms with Gasteiger partial charge < -0.3 is 0 Å². The minimum atomic E-state index is -0.190. The van der Waals surface area contributed by atoms with Crippen molar-refractivity contribution in [2.75, 3.05) is 5.75 Å². The number of hydrogen-bond acceptors (Lipinski definition) is 5. The first-order chi connectivity index (χ1) is 11.4. The molecule has 0 spiro atoms. The van der Waals surface area contributed by atoms with Crippen molar-refractivity contribution in [1.29, 1.82) is 0 Å². The van der Waals surface area contributed by atoms with Gasteiger partial charge in [0.25, 0.3) is 0 Å². The van der Waals surface area contributed by atoms with E-state index in [0.29, 0.717) is 28.2 Å². The number of hydrogen-bond donors (Lipinski definition) is 0. The molecule has 0 fully saturated rings. The van der Waals surface area contributed by atoms with E-state index in [4.69, 9.17) is 12.2 Å². The molecule has 1 aromatic heterocycles. The van der Waals surface area contributed by atoms with E-state index in [0.717, 1.165) is 16.2 Å². The van der Waals surface area contributed by atoms with Crippen LogP contribution in [-0.2, 0) is 20.5 Å². The number of fused-ring (bicyclic) bond motifs is 1. The fourth-order valence-corrected chi connectivity index (χ4v) is 3.75. The van der Waals surface area contributed by atoms with Crippen LogP contribution in [0.2, 0.25) is 0 Å². The Morgan fingerprint density at radius 3 is 2.79 bits per heavy atom. The smallest absolute Gasteiger partial charge is 0.293 e. The Labute approximate surface area is 149 Å². The van der Waals surface area contributed by atoms with Crippen molar-refractivity contribution in [3.63, 3.8) is 0 Å². The second-order valence-electron chi connectivity index (χ2n) is 5.77. The minimum absolute atomic E-state index is 0.0698. The predicted molar refractivity (Wildman–Crippen MR) is 100 cm³/mol. The summed E-state index contributed by atoms with van der Waals surface area (Å²) in [5.74, 6) is 0.998. The minimum Gasteiger partial charge on any atom is -0.293 e. The SMILES string of the molecule is Cc1cccc(C(=O)CSC2=Nc3c(c(=S)n(C)c(=O)n3C)C2)c1. The van der Waals surface area contributed by atoms with Crippen molar-refractivity contribution in [2.45, 2.75) is 13.3 Å². The summed E-state index contributed by atoms with van der Waals surface area (Å²) in [5.41, 5.74) is 2.46. The summed E-state index contributed by atoms with van der Waals surface area (Å²) in [6.45, 7) is 1.97. The van der Waals surface area contributed by atoms with E-state index >= 15 is 0 Å².